The van der Waals surface area contributed by atoms with E-state index in [0.29, 0.717) is 12.2 Å². The summed E-state index contributed by atoms with van der Waals surface area (Å²) in [5, 5.41) is 0. The number of aromatic nitrogens is 2. The first kappa shape index (κ1) is 25.2. The fourth-order valence-corrected chi connectivity index (χ4v) is 6.15. The van der Waals surface area contributed by atoms with E-state index in [0.717, 1.165) is 72.2 Å². The molecule has 1 aromatic heterocycles. The molecular weight excluding hydrogens is 473 g/mol. The minimum Gasteiger partial charge on any atom is -0.496 e. The number of carbonyl (C=O) groups excluding carboxylic acids is 2. The Bertz CT molecular complexity index is 1340. The van der Waals surface area contributed by atoms with Gasteiger partial charge in [0.25, 0.3) is 0 Å². The van der Waals surface area contributed by atoms with Gasteiger partial charge in [0.1, 0.15) is 23.2 Å². The second kappa shape index (κ2) is 10.1. The largest absolute Gasteiger partial charge is 0.496 e. The van der Waals surface area contributed by atoms with Crippen LogP contribution in [0.1, 0.15) is 68.9 Å². The maximum absolute atomic E-state index is 14.2. The summed E-state index contributed by atoms with van der Waals surface area (Å²) in [5.74, 6) is 1.50. The van der Waals surface area contributed by atoms with E-state index in [1.807, 2.05) is 19.1 Å². The maximum atomic E-state index is 14.2. The lowest BCUT2D eigenvalue weighted by molar-refractivity contribution is -0.121. The van der Waals surface area contributed by atoms with Gasteiger partial charge in [-0.25, -0.2) is 14.2 Å². The van der Waals surface area contributed by atoms with Gasteiger partial charge in [0, 0.05) is 35.5 Å². The highest BCUT2D eigenvalue weighted by Crippen LogP contribution is 2.41. The standard InChI is InChI=1S/C29H34FN3O4/c1-17-5-11-23-24(32(17)29(35)37-4)12-13-25-28(23)31-27(16-20-15-21(30)8-14-26(20)36-3)33(25)22-9-6-19(7-10-22)18(2)34/h8,12-15,17,19,22H,5-7,9-11,16H2,1-4H3/t17-,19?,22?/m0/s1. The van der Waals surface area contributed by atoms with E-state index in [4.69, 9.17) is 14.5 Å². The van der Waals surface area contributed by atoms with Crippen molar-refractivity contribution in [3.63, 3.8) is 0 Å². The zero-order valence-electron chi connectivity index (χ0n) is 21.9. The Morgan fingerprint density at radius 1 is 1.08 bits per heavy atom. The van der Waals surface area contributed by atoms with Crippen LogP contribution in [0.4, 0.5) is 14.9 Å². The first-order chi connectivity index (χ1) is 17.8. The number of ketones is 1. The van der Waals surface area contributed by atoms with E-state index < -0.39 is 0 Å². The SMILES string of the molecule is COC(=O)N1c2ccc3c(nc(Cc4cc(F)ccc4OC)n3C3CCC(C(C)=O)CC3)c2CC[C@@H]1C. The maximum Gasteiger partial charge on any atom is 0.414 e. The predicted molar refractivity (Wildman–Crippen MR) is 140 cm³/mol. The summed E-state index contributed by atoms with van der Waals surface area (Å²) in [4.78, 5) is 31.5. The molecule has 0 unspecified atom stereocenters. The topological polar surface area (TPSA) is 73.7 Å². The molecule has 1 atom stereocenters. The quantitative estimate of drug-likeness (QED) is 0.423. The lowest BCUT2D eigenvalue weighted by Crippen LogP contribution is -2.42. The number of nitrogens with zero attached hydrogens (tertiary/aromatic N) is 3. The van der Waals surface area contributed by atoms with Gasteiger partial charge < -0.3 is 14.0 Å². The van der Waals surface area contributed by atoms with Crippen LogP contribution in [-0.4, -0.2) is 41.7 Å². The molecule has 5 rings (SSSR count). The number of aryl methyl sites for hydroxylation is 1. The van der Waals surface area contributed by atoms with E-state index >= 15 is 0 Å². The van der Waals surface area contributed by atoms with Crippen molar-refractivity contribution in [1.82, 2.24) is 9.55 Å². The molecule has 1 amide bonds. The van der Waals surface area contributed by atoms with Crippen LogP contribution in [-0.2, 0) is 22.4 Å². The molecule has 0 spiro atoms. The van der Waals surface area contributed by atoms with Crippen molar-refractivity contribution in [2.75, 3.05) is 19.1 Å². The number of hydrogen-bond donors (Lipinski definition) is 0. The van der Waals surface area contributed by atoms with Crippen LogP contribution in [0.5, 0.6) is 5.75 Å². The average molecular weight is 508 g/mol. The van der Waals surface area contributed by atoms with Crippen molar-refractivity contribution in [2.24, 2.45) is 5.92 Å². The number of methoxy groups -OCH3 is 2. The number of imidazole rings is 1. The summed E-state index contributed by atoms with van der Waals surface area (Å²) in [5.41, 5.74) is 4.48. The number of benzene rings is 2. The third-order valence-electron chi connectivity index (χ3n) is 8.13. The molecule has 0 saturated heterocycles. The molecule has 3 aromatic rings. The molecule has 1 fully saturated rings. The lowest BCUT2D eigenvalue weighted by atomic mass is 9.83. The van der Waals surface area contributed by atoms with Crippen molar-refractivity contribution < 1.29 is 23.5 Å². The van der Waals surface area contributed by atoms with Gasteiger partial charge in [-0.2, -0.15) is 0 Å². The monoisotopic (exact) mass is 507 g/mol. The second-order valence-electron chi connectivity index (χ2n) is 10.3. The molecule has 2 aromatic carbocycles. The van der Waals surface area contributed by atoms with Crippen LogP contribution < -0.4 is 9.64 Å². The van der Waals surface area contributed by atoms with Gasteiger partial charge >= 0.3 is 6.09 Å². The number of hydrogen-bond acceptors (Lipinski definition) is 5. The summed E-state index contributed by atoms with van der Waals surface area (Å²) in [7, 11) is 2.99. The van der Waals surface area contributed by atoms with Crippen molar-refractivity contribution in [3.8, 4) is 5.75 Å². The molecule has 37 heavy (non-hydrogen) atoms. The van der Waals surface area contributed by atoms with Crippen molar-refractivity contribution in [1.29, 1.82) is 0 Å². The first-order valence-electron chi connectivity index (χ1n) is 13.0. The van der Waals surface area contributed by atoms with E-state index in [2.05, 4.69) is 4.57 Å². The minimum absolute atomic E-state index is 0.0253. The highest BCUT2D eigenvalue weighted by atomic mass is 19.1. The fraction of sp³-hybridized carbons (Fsp3) is 0.483. The van der Waals surface area contributed by atoms with Crippen LogP contribution in [0.25, 0.3) is 11.0 Å². The van der Waals surface area contributed by atoms with E-state index in [1.54, 1.807) is 25.0 Å². The zero-order valence-corrected chi connectivity index (χ0v) is 21.9. The number of amides is 1. The Labute approximate surface area is 216 Å². The zero-order chi connectivity index (χ0) is 26.3. The molecule has 1 saturated carbocycles. The molecule has 0 bridgehead atoms. The Balaban J connectivity index is 1.64. The summed E-state index contributed by atoms with van der Waals surface area (Å²) in [6.45, 7) is 3.71. The number of fused-ring (bicyclic) bond motifs is 3. The Morgan fingerprint density at radius 2 is 1.84 bits per heavy atom. The number of anilines is 1. The molecule has 7 nitrogen and oxygen atoms in total. The summed E-state index contributed by atoms with van der Waals surface area (Å²) in [6, 6.07) is 8.80. The van der Waals surface area contributed by atoms with Gasteiger partial charge in [-0.1, -0.05) is 0 Å². The van der Waals surface area contributed by atoms with Crippen LogP contribution >= 0.6 is 0 Å². The normalized spacial score (nSPS) is 21.5. The van der Waals surface area contributed by atoms with Crippen LogP contribution in [0.3, 0.4) is 0 Å². The van der Waals surface area contributed by atoms with Crippen molar-refractivity contribution in [3.05, 3.63) is 53.1 Å². The van der Waals surface area contributed by atoms with Gasteiger partial charge in [0.2, 0.25) is 0 Å². The highest BCUT2D eigenvalue weighted by Gasteiger charge is 2.33. The molecule has 0 N–H and O–H groups in total. The highest BCUT2D eigenvalue weighted by molar-refractivity contribution is 5.95. The van der Waals surface area contributed by atoms with Crippen LogP contribution in [0, 0.1) is 11.7 Å². The summed E-state index contributed by atoms with van der Waals surface area (Å²) >= 11 is 0. The third kappa shape index (κ3) is 4.58. The Kier molecular flexibility index (Phi) is 6.92. The molecule has 196 valence electrons. The molecule has 1 aliphatic heterocycles. The molecule has 2 heterocycles. The molecule has 1 aliphatic carbocycles. The number of ether oxygens (including phenoxy) is 2. The molecule has 8 heteroatoms. The fourth-order valence-electron chi connectivity index (χ4n) is 6.15. The predicted octanol–water partition coefficient (Wildman–Crippen LogP) is 6.00. The van der Waals surface area contributed by atoms with E-state index in [-0.39, 0.29) is 35.7 Å². The van der Waals surface area contributed by atoms with E-state index in [1.165, 1.54) is 19.2 Å². The van der Waals surface area contributed by atoms with E-state index in [9.17, 15) is 14.0 Å². The first-order valence-corrected chi connectivity index (χ1v) is 13.0. The number of Topliss-reactive ketones (excluding diaryl/α,β-unsaturated/α-hetero) is 1. The molecule has 2 aliphatic rings. The summed E-state index contributed by atoms with van der Waals surface area (Å²) in [6.07, 6.45) is 5.11. The van der Waals surface area contributed by atoms with Gasteiger partial charge in [0.15, 0.2) is 0 Å². The molecular formula is C29H34FN3O4. The van der Waals surface area contributed by atoms with Crippen LogP contribution in [0.15, 0.2) is 30.3 Å². The number of carbonyl (C=O) groups is 2. The average Bonchev–Trinajstić information content (AvgIpc) is 3.26. The smallest absolute Gasteiger partial charge is 0.414 e. The summed E-state index contributed by atoms with van der Waals surface area (Å²) < 4.78 is 27.1. The second-order valence-corrected chi connectivity index (χ2v) is 10.3. The van der Waals surface area contributed by atoms with Crippen molar-refractivity contribution >= 4 is 28.6 Å². The van der Waals surface area contributed by atoms with Gasteiger partial charge in [-0.3, -0.25) is 9.69 Å². The van der Waals surface area contributed by atoms with Crippen LogP contribution in [0.2, 0.25) is 0 Å². The van der Waals surface area contributed by atoms with Crippen molar-refractivity contribution in [2.45, 2.75) is 70.9 Å². The molecule has 0 radical (unpaired) electrons. The third-order valence-corrected chi connectivity index (χ3v) is 8.13. The number of halogens is 1. The Hall–Kier alpha value is -3.42. The van der Waals surface area contributed by atoms with Gasteiger partial charge in [-0.15, -0.1) is 0 Å². The Morgan fingerprint density at radius 3 is 2.51 bits per heavy atom. The number of rotatable bonds is 5. The van der Waals surface area contributed by atoms with Gasteiger partial charge in [-0.05, 0) is 82.7 Å². The van der Waals surface area contributed by atoms with Gasteiger partial charge in [0.05, 0.1) is 30.9 Å². The minimum atomic E-state index is -0.375. The lowest BCUT2D eigenvalue weighted by Gasteiger charge is -2.34.